The summed E-state index contributed by atoms with van der Waals surface area (Å²) in [6, 6.07) is 6.49. The molecule has 1 N–H and O–H groups in total. The Morgan fingerprint density at radius 3 is 2.33 bits per heavy atom. The molecule has 15 heavy (non-hydrogen) atoms. The molecule has 0 aliphatic heterocycles. The van der Waals surface area contributed by atoms with Crippen molar-refractivity contribution in [3.8, 4) is 0 Å². The van der Waals surface area contributed by atoms with Gasteiger partial charge in [-0.2, -0.15) is 0 Å². The molecule has 0 saturated heterocycles. The molecule has 1 atom stereocenters. The van der Waals surface area contributed by atoms with E-state index in [0.717, 1.165) is 0 Å². The van der Waals surface area contributed by atoms with Crippen LogP contribution in [-0.2, 0) is 9.84 Å². The van der Waals surface area contributed by atoms with Crippen LogP contribution in [0.15, 0.2) is 24.3 Å². The van der Waals surface area contributed by atoms with Crippen molar-refractivity contribution < 1.29 is 13.5 Å². The standard InChI is InChI=1S/C10H13ClO3S/c1-2-15(13,14)7-10(12)8-3-5-9(11)6-4-8/h3-6,10,12H,2,7H2,1H3/t10-/m1/s1. The first kappa shape index (κ1) is 12.5. The third-order valence-corrected chi connectivity index (χ3v) is 4.06. The van der Waals surface area contributed by atoms with Gasteiger partial charge in [0.25, 0.3) is 0 Å². The van der Waals surface area contributed by atoms with Gasteiger partial charge in [-0.05, 0) is 17.7 Å². The summed E-state index contributed by atoms with van der Waals surface area (Å²) < 4.78 is 22.5. The summed E-state index contributed by atoms with van der Waals surface area (Å²) in [6.07, 6.45) is -0.979. The zero-order chi connectivity index (χ0) is 11.5. The van der Waals surface area contributed by atoms with E-state index in [-0.39, 0.29) is 11.5 Å². The maximum atomic E-state index is 11.3. The number of benzene rings is 1. The third kappa shape index (κ3) is 3.81. The van der Waals surface area contributed by atoms with Gasteiger partial charge in [-0.25, -0.2) is 8.42 Å². The van der Waals surface area contributed by atoms with E-state index in [1.165, 1.54) is 0 Å². The summed E-state index contributed by atoms with van der Waals surface area (Å²) >= 11 is 5.68. The molecule has 3 nitrogen and oxygen atoms in total. The minimum atomic E-state index is -3.16. The van der Waals surface area contributed by atoms with Gasteiger partial charge in [0, 0.05) is 10.8 Å². The molecule has 1 aromatic rings. The lowest BCUT2D eigenvalue weighted by molar-refractivity contribution is 0.201. The lowest BCUT2D eigenvalue weighted by atomic mass is 10.1. The van der Waals surface area contributed by atoms with Crippen LogP contribution in [0.25, 0.3) is 0 Å². The molecule has 0 bridgehead atoms. The predicted molar refractivity (Wildman–Crippen MR) is 60.7 cm³/mol. The monoisotopic (exact) mass is 248 g/mol. The first-order valence-corrected chi connectivity index (χ1v) is 6.78. The second kappa shape index (κ2) is 4.96. The molecule has 0 spiro atoms. The van der Waals surface area contributed by atoms with E-state index in [0.29, 0.717) is 10.6 Å². The molecular weight excluding hydrogens is 236 g/mol. The highest BCUT2D eigenvalue weighted by atomic mass is 35.5. The molecule has 0 saturated carbocycles. The van der Waals surface area contributed by atoms with E-state index >= 15 is 0 Å². The number of rotatable bonds is 4. The van der Waals surface area contributed by atoms with Crippen LogP contribution >= 0.6 is 11.6 Å². The zero-order valence-corrected chi connectivity index (χ0v) is 9.92. The average Bonchev–Trinajstić information content (AvgIpc) is 2.18. The molecule has 1 aromatic carbocycles. The van der Waals surface area contributed by atoms with E-state index < -0.39 is 15.9 Å². The maximum Gasteiger partial charge on any atom is 0.152 e. The van der Waals surface area contributed by atoms with Crippen LogP contribution in [0.5, 0.6) is 0 Å². The highest BCUT2D eigenvalue weighted by Crippen LogP contribution is 2.17. The van der Waals surface area contributed by atoms with E-state index in [1.807, 2.05) is 0 Å². The summed E-state index contributed by atoms with van der Waals surface area (Å²) in [4.78, 5) is 0. The summed E-state index contributed by atoms with van der Waals surface area (Å²) in [7, 11) is -3.16. The van der Waals surface area contributed by atoms with E-state index in [9.17, 15) is 13.5 Å². The molecule has 0 aromatic heterocycles. The quantitative estimate of drug-likeness (QED) is 0.884. The Bertz CT molecular complexity index is 411. The van der Waals surface area contributed by atoms with E-state index in [2.05, 4.69) is 0 Å². The molecule has 5 heteroatoms. The third-order valence-electron chi connectivity index (χ3n) is 2.11. The van der Waals surface area contributed by atoms with Crippen molar-refractivity contribution in [1.82, 2.24) is 0 Å². The van der Waals surface area contributed by atoms with Crippen molar-refractivity contribution in [3.05, 3.63) is 34.9 Å². The van der Waals surface area contributed by atoms with Crippen LogP contribution in [0.2, 0.25) is 5.02 Å². The average molecular weight is 249 g/mol. The van der Waals surface area contributed by atoms with Gasteiger partial charge in [0.05, 0.1) is 11.9 Å². The number of sulfone groups is 1. The number of halogens is 1. The van der Waals surface area contributed by atoms with Crippen LogP contribution in [0.3, 0.4) is 0 Å². The van der Waals surface area contributed by atoms with E-state index in [4.69, 9.17) is 11.6 Å². The summed E-state index contributed by atoms with van der Waals surface area (Å²) in [6.45, 7) is 1.56. The minimum absolute atomic E-state index is 0.0393. The molecule has 84 valence electrons. The lowest BCUT2D eigenvalue weighted by Gasteiger charge is -2.10. The largest absolute Gasteiger partial charge is 0.387 e. The summed E-state index contributed by atoms with van der Waals surface area (Å²) in [5.74, 6) is -0.206. The fourth-order valence-electron chi connectivity index (χ4n) is 1.14. The second-order valence-electron chi connectivity index (χ2n) is 3.27. The Morgan fingerprint density at radius 2 is 1.87 bits per heavy atom. The first-order valence-electron chi connectivity index (χ1n) is 4.58. The van der Waals surface area contributed by atoms with Crippen LogP contribution in [0.1, 0.15) is 18.6 Å². The SMILES string of the molecule is CCS(=O)(=O)C[C@@H](O)c1ccc(Cl)cc1. The molecule has 0 amide bonds. The van der Waals surface area contributed by atoms with Crippen LogP contribution in [0, 0.1) is 0 Å². The smallest absolute Gasteiger partial charge is 0.152 e. The molecule has 0 fully saturated rings. The van der Waals surface area contributed by atoms with Gasteiger partial charge in [-0.1, -0.05) is 30.7 Å². The van der Waals surface area contributed by atoms with Crippen LogP contribution in [0.4, 0.5) is 0 Å². The van der Waals surface area contributed by atoms with Gasteiger partial charge in [-0.3, -0.25) is 0 Å². The first-order chi connectivity index (χ1) is 6.94. The van der Waals surface area contributed by atoms with Gasteiger partial charge in [0.2, 0.25) is 0 Å². The lowest BCUT2D eigenvalue weighted by Crippen LogP contribution is -2.16. The molecular formula is C10H13ClO3S. The van der Waals surface area contributed by atoms with Crippen LogP contribution in [-0.4, -0.2) is 25.0 Å². The molecule has 0 radical (unpaired) electrons. The van der Waals surface area contributed by atoms with E-state index in [1.54, 1.807) is 31.2 Å². The van der Waals surface area contributed by atoms with Gasteiger partial charge in [0.1, 0.15) is 0 Å². The number of hydrogen-bond acceptors (Lipinski definition) is 3. The van der Waals surface area contributed by atoms with Gasteiger partial charge in [-0.15, -0.1) is 0 Å². The fraction of sp³-hybridized carbons (Fsp3) is 0.400. The van der Waals surface area contributed by atoms with Crippen molar-refractivity contribution >= 4 is 21.4 Å². The number of hydrogen-bond donors (Lipinski definition) is 1. The van der Waals surface area contributed by atoms with Gasteiger partial charge in [0.15, 0.2) is 9.84 Å². The van der Waals surface area contributed by atoms with Gasteiger partial charge < -0.3 is 5.11 Å². The van der Waals surface area contributed by atoms with Crippen molar-refractivity contribution in [2.24, 2.45) is 0 Å². The Kier molecular flexibility index (Phi) is 4.13. The highest BCUT2D eigenvalue weighted by molar-refractivity contribution is 7.91. The zero-order valence-electron chi connectivity index (χ0n) is 8.35. The number of aliphatic hydroxyl groups excluding tert-OH is 1. The minimum Gasteiger partial charge on any atom is -0.387 e. The molecule has 0 heterocycles. The highest BCUT2D eigenvalue weighted by Gasteiger charge is 2.16. The fourth-order valence-corrected chi connectivity index (χ4v) is 2.17. The maximum absolute atomic E-state index is 11.3. The predicted octanol–water partition coefficient (Wildman–Crippen LogP) is 1.81. The van der Waals surface area contributed by atoms with Crippen molar-refractivity contribution in [3.63, 3.8) is 0 Å². The van der Waals surface area contributed by atoms with Gasteiger partial charge >= 0.3 is 0 Å². The normalized spacial score (nSPS) is 13.8. The number of aliphatic hydroxyl groups is 1. The Morgan fingerprint density at radius 1 is 1.33 bits per heavy atom. The van der Waals surface area contributed by atoms with Crippen molar-refractivity contribution in [2.75, 3.05) is 11.5 Å². The topological polar surface area (TPSA) is 54.4 Å². The molecule has 1 rings (SSSR count). The molecule has 0 aliphatic carbocycles. The summed E-state index contributed by atoms with van der Waals surface area (Å²) in [5, 5.41) is 10.2. The summed E-state index contributed by atoms with van der Waals surface area (Å²) in [5.41, 5.74) is 0.566. The Labute approximate surface area is 94.6 Å². The molecule has 0 aliphatic rings. The second-order valence-corrected chi connectivity index (χ2v) is 6.10. The van der Waals surface area contributed by atoms with Crippen molar-refractivity contribution in [2.45, 2.75) is 13.0 Å². The Balaban J connectivity index is 2.78. The van der Waals surface area contributed by atoms with Crippen LogP contribution < -0.4 is 0 Å². The van der Waals surface area contributed by atoms with Crippen molar-refractivity contribution in [1.29, 1.82) is 0 Å². The Hall–Kier alpha value is -0.580. The molecule has 0 unspecified atom stereocenters.